The lowest BCUT2D eigenvalue weighted by molar-refractivity contribution is -0.138. The number of rotatable bonds is 7. The van der Waals surface area contributed by atoms with Crippen molar-refractivity contribution in [2.24, 2.45) is 5.41 Å². The van der Waals surface area contributed by atoms with Crippen molar-refractivity contribution in [2.75, 3.05) is 25.6 Å². The van der Waals surface area contributed by atoms with Gasteiger partial charge in [0.05, 0.1) is 0 Å². The first-order valence-electron chi connectivity index (χ1n) is 6.72. The van der Waals surface area contributed by atoms with Crippen LogP contribution >= 0.6 is 11.6 Å². The minimum Gasteiger partial charge on any atom is -0.385 e. The Balaban J connectivity index is 2.57. The van der Waals surface area contributed by atoms with E-state index in [1.54, 1.807) is 45.2 Å². The van der Waals surface area contributed by atoms with E-state index in [2.05, 4.69) is 10.6 Å². The van der Waals surface area contributed by atoms with Crippen LogP contribution in [-0.4, -0.2) is 32.1 Å². The van der Waals surface area contributed by atoms with Crippen molar-refractivity contribution in [1.82, 2.24) is 5.32 Å². The highest BCUT2D eigenvalue weighted by Gasteiger charge is 2.35. The summed E-state index contributed by atoms with van der Waals surface area (Å²) < 4.78 is 4.90. The summed E-state index contributed by atoms with van der Waals surface area (Å²) in [5.74, 6) is -0.681. The van der Waals surface area contributed by atoms with Gasteiger partial charge in [-0.2, -0.15) is 0 Å². The lowest BCUT2D eigenvalue weighted by atomic mass is 9.91. The molecule has 0 unspecified atom stereocenters. The van der Waals surface area contributed by atoms with Gasteiger partial charge in [-0.05, 0) is 44.5 Å². The Morgan fingerprint density at radius 2 is 1.81 bits per heavy atom. The first-order valence-corrected chi connectivity index (χ1v) is 7.10. The smallest absolute Gasteiger partial charge is 0.239 e. The second-order valence-corrected chi connectivity index (χ2v) is 5.62. The van der Waals surface area contributed by atoms with Crippen LogP contribution in [0.15, 0.2) is 24.3 Å². The third-order valence-electron chi connectivity index (χ3n) is 3.05. The summed E-state index contributed by atoms with van der Waals surface area (Å²) in [5.41, 5.74) is -0.558. The SMILES string of the molecule is COCCCNC(=O)C(C)(C)C(=O)Nc1ccc(Cl)cc1. The van der Waals surface area contributed by atoms with Crippen molar-refractivity contribution >= 4 is 29.1 Å². The normalized spacial score (nSPS) is 11.0. The standard InChI is InChI=1S/C15H21ClN2O3/c1-15(2,13(19)17-9-4-10-21-3)14(20)18-12-7-5-11(16)6-8-12/h5-8H,4,9-10H2,1-3H3,(H,17,19)(H,18,20). The zero-order chi connectivity index (χ0) is 15.9. The number of hydrogen-bond donors (Lipinski definition) is 2. The van der Waals surface area contributed by atoms with Gasteiger partial charge in [-0.15, -0.1) is 0 Å². The van der Waals surface area contributed by atoms with Gasteiger partial charge in [-0.1, -0.05) is 11.6 Å². The van der Waals surface area contributed by atoms with E-state index in [1.807, 2.05) is 0 Å². The molecule has 0 atom stereocenters. The summed E-state index contributed by atoms with van der Waals surface area (Å²) in [6.45, 7) is 4.22. The fourth-order valence-electron chi connectivity index (χ4n) is 1.56. The zero-order valence-electron chi connectivity index (χ0n) is 12.5. The monoisotopic (exact) mass is 312 g/mol. The van der Waals surface area contributed by atoms with E-state index < -0.39 is 5.41 Å². The van der Waals surface area contributed by atoms with E-state index in [4.69, 9.17) is 16.3 Å². The number of carbonyl (C=O) groups excluding carboxylic acids is 2. The van der Waals surface area contributed by atoms with E-state index in [1.165, 1.54) is 0 Å². The van der Waals surface area contributed by atoms with Gasteiger partial charge in [0.1, 0.15) is 5.41 Å². The molecule has 0 saturated heterocycles. The van der Waals surface area contributed by atoms with Crippen LogP contribution in [0.2, 0.25) is 5.02 Å². The van der Waals surface area contributed by atoms with Crippen LogP contribution in [0.25, 0.3) is 0 Å². The molecule has 0 aliphatic rings. The van der Waals surface area contributed by atoms with Gasteiger partial charge >= 0.3 is 0 Å². The van der Waals surface area contributed by atoms with Crippen LogP contribution in [0, 0.1) is 5.41 Å². The number of benzene rings is 1. The Morgan fingerprint density at radius 3 is 2.38 bits per heavy atom. The van der Waals surface area contributed by atoms with Gasteiger partial charge in [0.15, 0.2) is 0 Å². The van der Waals surface area contributed by atoms with Gasteiger partial charge in [-0.3, -0.25) is 9.59 Å². The second kappa shape index (κ2) is 8.00. The lowest BCUT2D eigenvalue weighted by Crippen LogP contribution is -2.45. The summed E-state index contributed by atoms with van der Waals surface area (Å²) in [4.78, 5) is 24.3. The van der Waals surface area contributed by atoms with Crippen LogP contribution in [0.3, 0.4) is 0 Å². The topological polar surface area (TPSA) is 67.4 Å². The van der Waals surface area contributed by atoms with Crippen molar-refractivity contribution in [1.29, 1.82) is 0 Å². The fourth-order valence-corrected chi connectivity index (χ4v) is 1.69. The predicted molar refractivity (Wildman–Crippen MR) is 83.4 cm³/mol. The molecule has 5 nitrogen and oxygen atoms in total. The van der Waals surface area contributed by atoms with Gasteiger partial charge in [0, 0.05) is 31.0 Å². The molecule has 0 aromatic heterocycles. The molecule has 6 heteroatoms. The van der Waals surface area contributed by atoms with Gasteiger partial charge in [-0.25, -0.2) is 0 Å². The highest BCUT2D eigenvalue weighted by atomic mass is 35.5. The Labute approximate surface area is 130 Å². The summed E-state index contributed by atoms with van der Waals surface area (Å²) in [7, 11) is 1.60. The summed E-state index contributed by atoms with van der Waals surface area (Å²) in [6, 6.07) is 6.73. The van der Waals surface area contributed by atoms with Crippen LogP contribution in [0.4, 0.5) is 5.69 Å². The number of halogens is 1. The number of anilines is 1. The Morgan fingerprint density at radius 1 is 1.19 bits per heavy atom. The van der Waals surface area contributed by atoms with Crippen molar-refractivity contribution in [3.8, 4) is 0 Å². The third kappa shape index (κ3) is 5.36. The minimum atomic E-state index is -1.16. The highest BCUT2D eigenvalue weighted by molar-refractivity contribution is 6.30. The molecular weight excluding hydrogens is 292 g/mol. The van der Waals surface area contributed by atoms with Crippen molar-refractivity contribution in [3.63, 3.8) is 0 Å². The Bertz CT molecular complexity index is 486. The molecule has 1 aromatic rings. The van der Waals surface area contributed by atoms with E-state index in [9.17, 15) is 9.59 Å². The number of amides is 2. The van der Waals surface area contributed by atoms with Crippen molar-refractivity contribution < 1.29 is 14.3 Å². The van der Waals surface area contributed by atoms with Crippen LogP contribution in [0.1, 0.15) is 20.3 Å². The molecule has 0 aliphatic carbocycles. The minimum absolute atomic E-state index is 0.315. The molecule has 0 saturated carbocycles. The van der Waals surface area contributed by atoms with Crippen molar-refractivity contribution in [2.45, 2.75) is 20.3 Å². The Hall–Kier alpha value is -1.59. The van der Waals surface area contributed by atoms with Crippen LogP contribution < -0.4 is 10.6 Å². The largest absolute Gasteiger partial charge is 0.385 e. The van der Waals surface area contributed by atoms with Gasteiger partial charge in [0.25, 0.3) is 0 Å². The molecule has 2 amide bonds. The highest BCUT2D eigenvalue weighted by Crippen LogP contribution is 2.20. The lowest BCUT2D eigenvalue weighted by Gasteiger charge is -2.22. The average Bonchev–Trinajstić information content (AvgIpc) is 2.45. The summed E-state index contributed by atoms with van der Waals surface area (Å²) in [6.07, 6.45) is 0.705. The predicted octanol–water partition coefficient (Wildman–Crippen LogP) is 2.46. The molecule has 0 spiro atoms. The third-order valence-corrected chi connectivity index (χ3v) is 3.30. The van der Waals surface area contributed by atoms with Crippen LogP contribution in [-0.2, 0) is 14.3 Å². The van der Waals surface area contributed by atoms with Gasteiger partial charge in [0.2, 0.25) is 11.8 Å². The number of methoxy groups -OCH3 is 1. The van der Waals surface area contributed by atoms with E-state index in [-0.39, 0.29) is 11.8 Å². The van der Waals surface area contributed by atoms with E-state index >= 15 is 0 Å². The van der Waals surface area contributed by atoms with E-state index in [0.717, 1.165) is 0 Å². The number of hydrogen-bond acceptors (Lipinski definition) is 3. The molecule has 0 heterocycles. The maximum Gasteiger partial charge on any atom is 0.239 e. The first kappa shape index (κ1) is 17.5. The first-order chi connectivity index (χ1) is 9.87. The quantitative estimate of drug-likeness (QED) is 0.600. The maximum absolute atomic E-state index is 12.2. The molecule has 1 aromatic carbocycles. The maximum atomic E-state index is 12.2. The Kier molecular flexibility index (Phi) is 6.65. The second-order valence-electron chi connectivity index (χ2n) is 5.19. The molecule has 0 fully saturated rings. The fraction of sp³-hybridized carbons (Fsp3) is 0.467. The van der Waals surface area contributed by atoms with E-state index in [0.29, 0.717) is 30.3 Å². The molecule has 0 radical (unpaired) electrons. The van der Waals surface area contributed by atoms with Crippen LogP contribution in [0.5, 0.6) is 0 Å². The van der Waals surface area contributed by atoms with Gasteiger partial charge < -0.3 is 15.4 Å². The zero-order valence-corrected chi connectivity index (χ0v) is 13.3. The van der Waals surface area contributed by atoms with Crippen molar-refractivity contribution in [3.05, 3.63) is 29.3 Å². The molecule has 21 heavy (non-hydrogen) atoms. The average molecular weight is 313 g/mol. The molecule has 0 bridgehead atoms. The number of carbonyl (C=O) groups is 2. The molecular formula is C15H21ClN2O3. The summed E-state index contributed by atoms with van der Waals surface area (Å²) >= 11 is 5.78. The number of nitrogens with one attached hydrogen (secondary N) is 2. The molecule has 2 N–H and O–H groups in total. The summed E-state index contributed by atoms with van der Waals surface area (Å²) in [5, 5.41) is 6.03. The molecule has 0 aliphatic heterocycles. The molecule has 1 rings (SSSR count). The molecule has 116 valence electrons. The number of ether oxygens (including phenoxy) is 1.